The van der Waals surface area contributed by atoms with Crippen LogP contribution in [0.25, 0.3) is 0 Å². The zero-order valence-electron chi connectivity index (χ0n) is 12.4. The normalized spacial score (nSPS) is 12.7. The second kappa shape index (κ2) is 6.62. The number of benzene rings is 2. The summed E-state index contributed by atoms with van der Waals surface area (Å²) >= 11 is 0. The number of carbonyl (C=O) groups is 1. The highest BCUT2D eigenvalue weighted by Crippen LogP contribution is 2.19. The van der Waals surface area contributed by atoms with E-state index in [4.69, 9.17) is 5.14 Å². The van der Waals surface area contributed by atoms with E-state index < -0.39 is 44.3 Å². The molecule has 0 aliphatic rings. The summed E-state index contributed by atoms with van der Waals surface area (Å²) in [5.41, 5.74) is -0.131. The number of rotatable bonds is 4. The van der Waals surface area contributed by atoms with E-state index in [1.807, 2.05) is 0 Å². The largest absolute Gasteiger partial charge is 0.345 e. The van der Waals surface area contributed by atoms with Crippen molar-refractivity contribution in [1.82, 2.24) is 5.32 Å². The Balaban J connectivity index is 2.27. The van der Waals surface area contributed by atoms with Gasteiger partial charge in [0.05, 0.1) is 6.04 Å². The van der Waals surface area contributed by atoms with Crippen LogP contribution in [0.4, 0.5) is 13.2 Å². The van der Waals surface area contributed by atoms with Crippen LogP contribution in [0.2, 0.25) is 0 Å². The molecule has 1 atom stereocenters. The van der Waals surface area contributed by atoms with E-state index in [1.165, 1.54) is 13.0 Å². The molecular formula is C15H13F3N2O3S. The summed E-state index contributed by atoms with van der Waals surface area (Å²) in [5, 5.41) is 7.28. The summed E-state index contributed by atoms with van der Waals surface area (Å²) < 4.78 is 62.6. The lowest BCUT2D eigenvalue weighted by molar-refractivity contribution is 0.0939. The second-order valence-electron chi connectivity index (χ2n) is 5.05. The molecule has 0 bridgehead atoms. The molecule has 0 aliphatic carbocycles. The van der Waals surface area contributed by atoms with Crippen LogP contribution in [0.5, 0.6) is 0 Å². The number of sulfonamides is 1. The molecule has 0 heterocycles. The van der Waals surface area contributed by atoms with Crippen LogP contribution in [0.1, 0.15) is 28.9 Å². The van der Waals surface area contributed by atoms with E-state index in [9.17, 15) is 26.4 Å². The predicted molar refractivity (Wildman–Crippen MR) is 80.0 cm³/mol. The highest BCUT2D eigenvalue weighted by molar-refractivity contribution is 7.89. The molecule has 1 amide bonds. The Bertz CT molecular complexity index is 901. The second-order valence-corrected chi connectivity index (χ2v) is 6.58. The van der Waals surface area contributed by atoms with Gasteiger partial charge >= 0.3 is 0 Å². The Morgan fingerprint density at radius 1 is 1.08 bits per heavy atom. The lowest BCUT2D eigenvalue weighted by atomic mass is 10.1. The van der Waals surface area contributed by atoms with Crippen LogP contribution in [0.3, 0.4) is 0 Å². The van der Waals surface area contributed by atoms with E-state index in [-0.39, 0.29) is 11.1 Å². The average Bonchev–Trinajstić information content (AvgIpc) is 2.46. The molecule has 24 heavy (non-hydrogen) atoms. The number of nitrogens with one attached hydrogen (secondary N) is 1. The molecule has 5 nitrogen and oxygen atoms in total. The molecule has 2 rings (SSSR count). The Kier molecular flexibility index (Phi) is 4.95. The molecule has 0 aliphatic heterocycles. The maximum Gasteiger partial charge on any atom is 0.251 e. The lowest BCUT2D eigenvalue weighted by Crippen LogP contribution is -2.27. The minimum atomic E-state index is -4.34. The van der Waals surface area contributed by atoms with Crippen molar-refractivity contribution in [2.45, 2.75) is 17.9 Å². The van der Waals surface area contributed by atoms with Gasteiger partial charge in [-0.25, -0.2) is 26.7 Å². The number of nitrogens with two attached hydrogens (primary N) is 1. The summed E-state index contributed by atoms with van der Waals surface area (Å²) in [6, 6.07) is 4.70. The van der Waals surface area contributed by atoms with Gasteiger partial charge < -0.3 is 5.32 Å². The minimum absolute atomic E-state index is 0.0403. The number of hydrogen-bond donors (Lipinski definition) is 2. The smallest absolute Gasteiger partial charge is 0.251 e. The van der Waals surface area contributed by atoms with Crippen molar-refractivity contribution < 1.29 is 26.4 Å². The third-order valence-corrected chi connectivity index (χ3v) is 4.20. The van der Waals surface area contributed by atoms with Crippen molar-refractivity contribution in [3.05, 3.63) is 65.0 Å². The molecule has 2 aromatic carbocycles. The maximum absolute atomic E-state index is 13.7. The standard InChI is InChI=1S/C15H13F3N2O3S/c1-8(11-4-3-10(16)7-13(11)18)20-15(21)9-2-5-12(17)14(6-9)24(19,22)23/h2-8H,1H3,(H,20,21)(H2,19,22,23)/t8-/m0/s1. The molecule has 2 aromatic rings. The van der Waals surface area contributed by atoms with Crippen molar-refractivity contribution in [2.75, 3.05) is 0 Å². The number of halogens is 3. The SMILES string of the molecule is C[C@H](NC(=O)c1ccc(F)c(S(N)(=O)=O)c1)c1ccc(F)cc1F. The first-order valence-corrected chi connectivity index (χ1v) is 8.22. The van der Waals surface area contributed by atoms with Gasteiger partial charge in [-0.05, 0) is 31.2 Å². The van der Waals surface area contributed by atoms with Crippen LogP contribution in [-0.2, 0) is 10.0 Å². The first-order valence-electron chi connectivity index (χ1n) is 6.67. The zero-order chi connectivity index (χ0) is 18.1. The molecule has 0 saturated heterocycles. The van der Waals surface area contributed by atoms with Gasteiger partial charge in [-0.2, -0.15) is 0 Å². The fourth-order valence-electron chi connectivity index (χ4n) is 2.07. The Labute approximate surface area is 136 Å². The van der Waals surface area contributed by atoms with Gasteiger partial charge in [0, 0.05) is 17.2 Å². The van der Waals surface area contributed by atoms with Crippen molar-refractivity contribution in [1.29, 1.82) is 0 Å². The molecule has 9 heteroatoms. The zero-order valence-corrected chi connectivity index (χ0v) is 13.2. The van der Waals surface area contributed by atoms with Crippen molar-refractivity contribution >= 4 is 15.9 Å². The van der Waals surface area contributed by atoms with E-state index >= 15 is 0 Å². The van der Waals surface area contributed by atoms with Gasteiger partial charge in [0.15, 0.2) is 0 Å². The van der Waals surface area contributed by atoms with Crippen LogP contribution >= 0.6 is 0 Å². The minimum Gasteiger partial charge on any atom is -0.345 e. The summed E-state index contributed by atoms with van der Waals surface area (Å²) in [5.74, 6) is -3.46. The van der Waals surface area contributed by atoms with Gasteiger partial charge in [0.25, 0.3) is 5.91 Å². The Hall–Kier alpha value is -2.39. The number of amides is 1. The van der Waals surface area contributed by atoms with E-state index in [1.54, 1.807) is 0 Å². The highest BCUT2D eigenvalue weighted by atomic mass is 32.2. The molecule has 0 radical (unpaired) electrons. The number of primary sulfonamides is 1. The molecular weight excluding hydrogens is 345 g/mol. The summed E-state index contributed by atoms with van der Waals surface area (Å²) in [6.45, 7) is 1.46. The van der Waals surface area contributed by atoms with Crippen molar-refractivity contribution in [3.8, 4) is 0 Å². The first-order chi connectivity index (χ1) is 11.1. The molecule has 128 valence electrons. The molecule has 0 unspecified atom stereocenters. The molecule has 0 saturated carbocycles. The fourth-order valence-corrected chi connectivity index (χ4v) is 2.70. The molecule has 0 fully saturated rings. The highest BCUT2D eigenvalue weighted by Gasteiger charge is 2.19. The van der Waals surface area contributed by atoms with Gasteiger partial charge in [0.2, 0.25) is 10.0 Å². The molecule has 0 spiro atoms. The van der Waals surface area contributed by atoms with Gasteiger partial charge in [0.1, 0.15) is 22.3 Å². The Morgan fingerprint density at radius 2 is 1.75 bits per heavy atom. The van der Waals surface area contributed by atoms with Crippen molar-refractivity contribution in [2.24, 2.45) is 5.14 Å². The fraction of sp³-hybridized carbons (Fsp3) is 0.133. The monoisotopic (exact) mass is 358 g/mol. The molecule has 0 aromatic heterocycles. The van der Waals surface area contributed by atoms with Gasteiger partial charge in [-0.3, -0.25) is 4.79 Å². The third-order valence-electron chi connectivity index (χ3n) is 3.28. The van der Waals surface area contributed by atoms with Crippen LogP contribution in [-0.4, -0.2) is 14.3 Å². The predicted octanol–water partition coefficient (Wildman–Crippen LogP) is 2.24. The van der Waals surface area contributed by atoms with Crippen LogP contribution in [0, 0.1) is 17.5 Å². The van der Waals surface area contributed by atoms with Gasteiger partial charge in [-0.1, -0.05) is 6.07 Å². The van der Waals surface area contributed by atoms with E-state index in [2.05, 4.69) is 5.32 Å². The van der Waals surface area contributed by atoms with Gasteiger partial charge in [-0.15, -0.1) is 0 Å². The van der Waals surface area contributed by atoms with Crippen molar-refractivity contribution in [3.63, 3.8) is 0 Å². The van der Waals surface area contributed by atoms with E-state index in [0.29, 0.717) is 6.07 Å². The third kappa shape index (κ3) is 3.92. The average molecular weight is 358 g/mol. The topological polar surface area (TPSA) is 89.3 Å². The molecule has 3 N–H and O–H groups in total. The van der Waals surface area contributed by atoms with Crippen LogP contribution in [0.15, 0.2) is 41.3 Å². The van der Waals surface area contributed by atoms with E-state index in [0.717, 1.165) is 24.3 Å². The Morgan fingerprint density at radius 3 is 2.33 bits per heavy atom. The summed E-state index contributed by atoms with van der Waals surface area (Å²) in [7, 11) is -4.34. The quantitative estimate of drug-likeness (QED) is 0.878. The summed E-state index contributed by atoms with van der Waals surface area (Å²) in [4.78, 5) is 11.3. The number of hydrogen-bond acceptors (Lipinski definition) is 3. The maximum atomic E-state index is 13.7. The first kappa shape index (κ1) is 18.0. The lowest BCUT2D eigenvalue weighted by Gasteiger charge is -2.15. The number of carbonyl (C=O) groups excluding carboxylic acids is 1. The summed E-state index contributed by atoms with van der Waals surface area (Å²) in [6.07, 6.45) is 0. The van der Waals surface area contributed by atoms with Crippen LogP contribution < -0.4 is 10.5 Å².